The molecule has 0 saturated carbocycles. The van der Waals surface area contributed by atoms with Crippen LogP contribution in [0.1, 0.15) is 24.2 Å². The highest BCUT2D eigenvalue weighted by Gasteiger charge is 2.20. The first-order valence-electron chi connectivity index (χ1n) is 4.58. The van der Waals surface area contributed by atoms with Crippen LogP contribution < -0.4 is 4.72 Å². The second-order valence-corrected chi connectivity index (χ2v) is 5.42. The summed E-state index contributed by atoms with van der Waals surface area (Å²) in [5.41, 5.74) is 0.207. The number of Topliss-reactive ketones (excluding diaryl/α,β-unsaturated/α-hetero) is 1. The van der Waals surface area contributed by atoms with Crippen LogP contribution in [0.4, 0.5) is 0 Å². The van der Waals surface area contributed by atoms with Gasteiger partial charge in [-0.3, -0.25) is 9.59 Å². The quantitative estimate of drug-likeness (QED) is 0.845. The smallest absolute Gasteiger partial charge is 0.265 e. The number of halogens is 1. The molecule has 0 aliphatic heterocycles. The van der Waals surface area contributed by atoms with Gasteiger partial charge in [0.1, 0.15) is 4.90 Å². The Hall–Kier alpha value is -1.40. The molecule has 0 fully saturated rings. The fraction of sp³-hybridized carbons (Fsp3) is 0.200. The average Bonchev–Trinajstić information content (AvgIpc) is 2.15. The average molecular weight is 276 g/mol. The lowest BCUT2D eigenvalue weighted by Gasteiger charge is -2.07. The maximum atomic E-state index is 11.7. The first-order valence-corrected chi connectivity index (χ1v) is 6.44. The van der Waals surface area contributed by atoms with Gasteiger partial charge >= 0.3 is 0 Å². The second-order valence-electron chi connectivity index (χ2n) is 3.36. The van der Waals surface area contributed by atoms with E-state index in [0.717, 1.165) is 13.0 Å². The third-order valence-corrected chi connectivity index (χ3v) is 3.82. The lowest BCUT2D eigenvalue weighted by molar-refractivity contribution is -0.117. The van der Waals surface area contributed by atoms with Crippen LogP contribution >= 0.6 is 11.6 Å². The summed E-state index contributed by atoms with van der Waals surface area (Å²) in [4.78, 5) is 21.6. The Morgan fingerprint density at radius 1 is 1.24 bits per heavy atom. The summed E-state index contributed by atoms with van der Waals surface area (Å²) in [7, 11) is -4.03. The third kappa shape index (κ3) is 3.28. The van der Waals surface area contributed by atoms with E-state index in [9.17, 15) is 18.0 Å². The summed E-state index contributed by atoms with van der Waals surface area (Å²) < 4.78 is 25.2. The number of hydrogen-bond donors (Lipinski definition) is 1. The molecule has 0 saturated heterocycles. The number of sulfonamides is 1. The predicted octanol–water partition coefficient (Wildman–Crippen LogP) is 1.37. The molecule has 0 bridgehead atoms. The highest BCUT2D eigenvalue weighted by atomic mass is 35.5. The molecule has 0 radical (unpaired) electrons. The minimum absolute atomic E-state index is 0.0521. The monoisotopic (exact) mass is 275 g/mol. The van der Waals surface area contributed by atoms with Crippen molar-refractivity contribution >= 4 is 33.3 Å². The highest BCUT2D eigenvalue weighted by Crippen LogP contribution is 2.22. The van der Waals surface area contributed by atoms with Crippen molar-refractivity contribution < 1.29 is 18.0 Å². The summed E-state index contributed by atoms with van der Waals surface area (Å²) in [5.74, 6) is -1.02. The fourth-order valence-electron chi connectivity index (χ4n) is 1.17. The van der Waals surface area contributed by atoms with Crippen molar-refractivity contribution in [3.05, 3.63) is 28.8 Å². The minimum Gasteiger partial charge on any atom is -0.295 e. The fourth-order valence-corrected chi connectivity index (χ4v) is 2.69. The summed E-state index contributed by atoms with van der Waals surface area (Å²) in [6, 6.07) is 3.85. The predicted molar refractivity (Wildman–Crippen MR) is 62.5 cm³/mol. The van der Waals surface area contributed by atoms with Crippen LogP contribution in [0.2, 0.25) is 5.02 Å². The molecule has 1 aromatic rings. The number of rotatable bonds is 3. The van der Waals surface area contributed by atoms with Crippen LogP contribution in [0.15, 0.2) is 23.1 Å². The maximum Gasteiger partial charge on any atom is 0.265 e. The van der Waals surface area contributed by atoms with Gasteiger partial charge in [-0.25, -0.2) is 13.1 Å². The number of carbonyl (C=O) groups is 2. The topological polar surface area (TPSA) is 80.3 Å². The van der Waals surface area contributed by atoms with Crippen LogP contribution in [0.25, 0.3) is 0 Å². The molecule has 1 rings (SSSR count). The lowest BCUT2D eigenvalue weighted by Crippen LogP contribution is -2.28. The van der Waals surface area contributed by atoms with Gasteiger partial charge in [0.15, 0.2) is 5.78 Å². The number of ketones is 1. The van der Waals surface area contributed by atoms with E-state index < -0.39 is 15.9 Å². The molecule has 17 heavy (non-hydrogen) atoms. The zero-order chi connectivity index (χ0) is 13.2. The van der Waals surface area contributed by atoms with Gasteiger partial charge in [0.25, 0.3) is 10.0 Å². The Balaban J connectivity index is 3.35. The van der Waals surface area contributed by atoms with E-state index in [2.05, 4.69) is 0 Å². The Morgan fingerprint density at radius 2 is 1.82 bits per heavy atom. The highest BCUT2D eigenvalue weighted by molar-refractivity contribution is 7.90. The van der Waals surface area contributed by atoms with Gasteiger partial charge < -0.3 is 0 Å². The largest absolute Gasteiger partial charge is 0.295 e. The van der Waals surface area contributed by atoms with Crippen molar-refractivity contribution in [2.24, 2.45) is 0 Å². The molecule has 0 aliphatic carbocycles. The molecule has 0 atom stereocenters. The van der Waals surface area contributed by atoms with Crippen molar-refractivity contribution in [2.45, 2.75) is 18.7 Å². The number of hydrogen-bond acceptors (Lipinski definition) is 4. The Kier molecular flexibility index (Phi) is 3.90. The molecule has 5 nitrogen and oxygen atoms in total. The summed E-state index contributed by atoms with van der Waals surface area (Å²) >= 11 is 5.73. The van der Waals surface area contributed by atoms with Gasteiger partial charge in [-0.1, -0.05) is 11.6 Å². The molecule has 1 N–H and O–H groups in total. The van der Waals surface area contributed by atoms with E-state index in [-0.39, 0.29) is 21.3 Å². The van der Waals surface area contributed by atoms with Gasteiger partial charge in [0.05, 0.1) is 5.02 Å². The van der Waals surface area contributed by atoms with Crippen LogP contribution in [0.5, 0.6) is 0 Å². The number of benzene rings is 1. The van der Waals surface area contributed by atoms with Crippen LogP contribution in [-0.4, -0.2) is 20.1 Å². The number of nitrogens with one attached hydrogen (secondary N) is 1. The molecular weight excluding hydrogens is 266 g/mol. The van der Waals surface area contributed by atoms with E-state index >= 15 is 0 Å². The first kappa shape index (κ1) is 13.7. The van der Waals surface area contributed by atoms with Gasteiger partial charge in [-0.05, 0) is 25.1 Å². The normalized spacial score (nSPS) is 11.0. The summed E-state index contributed by atoms with van der Waals surface area (Å²) in [6.45, 7) is 2.37. The minimum atomic E-state index is -4.03. The van der Waals surface area contributed by atoms with E-state index in [0.29, 0.717) is 0 Å². The van der Waals surface area contributed by atoms with Gasteiger partial charge in [0, 0.05) is 12.5 Å². The maximum absolute atomic E-state index is 11.7. The molecule has 0 spiro atoms. The Labute approximate surface area is 104 Å². The van der Waals surface area contributed by atoms with Crippen LogP contribution in [-0.2, 0) is 14.8 Å². The van der Waals surface area contributed by atoms with E-state index in [1.165, 1.54) is 19.1 Å². The van der Waals surface area contributed by atoms with E-state index in [4.69, 9.17) is 11.6 Å². The van der Waals surface area contributed by atoms with Crippen molar-refractivity contribution in [3.8, 4) is 0 Å². The third-order valence-electron chi connectivity index (χ3n) is 1.91. The van der Waals surface area contributed by atoms with Crippen molar-refractivity contribution in [1.82, 2.24) is 4.72 Å². The molecule has 1 aromatic carbocycles. The van der Waals surface area contributed by atoms with Crippen LogP contribution in [0, 0.1) is 0 Å². The van der Waals surface area contributed by atoms with Gasteiger partial charge in [-0.2, -0.15) is 0 Å². The van der Waals surface area contributed by atoms with Gasteiger partial charge in [0.2, 0.25) is 5.91 Å². The Bertz CT molecular complexity index is 580. The second kappa shape index (κ2) is 4.85. The molecule has 7 heteroatoms. The molecular formula is C10H10ClNO4S. The summed E-state index contributed by atoms with van der Waals surface area (Å²) in [5, 5.41) is -0.0521. The van der Waals surface area contributed by atoms with Crippen molar-refractivity contribution in [2.75, 3.05) is 0 Å². The molecule has 92 valence electrons. The first-order chi connectivity index (χ1) is 7.74. The molecule has 0 unspecified atom stereocenters. The number of amides is 1. The molecule has 0 aromatic heterocycles. The van der Waals surface area contributed by atoms with E-state index in [1.807, 2.05) is 0 Å². The van der Waals surface area contributed by atoms with Crippen molar-refractivity contribution in [1.29, 1.82) is 0 Å². The zero-order valence-corrected chi connectivity index (χ0v) is 10.7. The Morgan fingerprint density at radius 3 is 2.29 bits per heavy atom. The van der Waals surface area contributed by atoms with E-state index in [1.54, 1.807) is 4.72 Å². The van der Waals surface area contributed by atoms with Gasteiger partial charge in [-0.15, -0.1) is 0 Å². The number of carbonyl (C=O) groups excluding carboxylic acids is 2. The summed E-state index contributed by atoms with van der Waals surface area (Å²) in [6.07, 6.45) is 0. The van der Waals surface area contributed by atoms with Crippen molar-refractivity contribution in [3.63, 3.8) is 0 Å². The standard InChI is InChI=1S/C10H10ClNO4S/c1-6(13)8-3-4-9(11)10(5-8)17(15,16)12-7(2)14/h3-5H,1-2H3,(H,12,14). The molecule has 0 heterocycles. The molecule has 0 aliphatic rings. The van der Waals surface area contributed by atoms with Crippen LogP contribution in [0.3, 0.4) is 0 Å². The zero-order valence-electron chi connectivity index (χ0n) is 9.15. The lowest BCUT2D eigenvalue weighted by atomic mass is 10.1. The molecule has 1 amide bonds. The SMILES string of the molecule is CC(=O)NS(=O)(=O)c1cc(C(C)=O)ccc1Cl.